The number of para-hydroxylation sites is 1. The van der Waals surface area contributed by atoms with E-state index < -0.39 is 7.92 Å². The van der Waals surface area contributed by atoms with Gasteiger partial charge in [0.25, 0.3) is 0 Å². The molecule has 0 saturated heterocycles. The average Bonchev–Trinajstić information content (AvgIpc) is 2.93. The highest BCUT2D eigenvalue weighted by Crippen LogP contribution is 2.37. The summed E-state index contributed by atoms with van der Waals surface area (Å²) >= 11 is 0. The van der Waals surface area contributed by atoms with Gasteiger partial charge in [0.1, 0.15) is 0 Å². The molecule has 0 aliphatic heterocycles. The van der Waals surface area contributed by atoms with Crippen LogP contribution in [0.1, 0.15) is 30.5 Å². The molecule has 0 aliphatic carbocycles. The average molecular weight is 473 g/mol. The fourth-order valence-corrected chi connectivity index (χ4v) is 7.49. The third-order valence-electron chi connectivity index (χ3n) is 6.36. The van der Waals surface area contributed by atoms with E-state index in [0.717, 1.165) is 35.0 Å². The fourth-order valence-electron chi connectivity index (χ4n) is 4.58. The largest absolute Gasteiger partial charge is 0.254 e. The third-order valence-corrected chi connectivity index (χ3v) is 9.08. The van der Waals surface area contributed by atoms with Crippen LogP contribution < -0.4 is 15.9 Å². The van der Waals surface area contributed by atoms with E-state index in [2.05, 4.69) is 104 Å². The first-order chi connectivity index (χ1) is 17.3. The monoisotopic (exact) mass is 472 g/mol. The van der Waals surface area contributed by atoms with Gasteiger partial charge in [-0.1, -0.05) is 105 Å². The van der Waals surface area contributed by atoms with Gasteiger partial charge in [-0.05, 0) is 59.9 Å². The van der Waals surface area contributed by atoms with E-state index in [9.17, 15) is 0 Å². The normalized spacial score (nSPS) is 11.5. The summed E-state index contributed by atoms with van der Waals surface area (Å²) in [5.41, 5.74) is 5.80. The Labute approximate surface area is 209 Å². The Kier molecular flexibility index (Phi) is 7.12. The van der Waals surface area contributed by atoms with Gasteiger partial charge in [-0.25, -0.2) is 0 Å². The van der Waals surface area contributed by atoms with Crippen LogP contribution in [0.5, 0.6) is 0 Å². The lowest BCUT2D eigenvalue weighted by molar-refractivity contribution is 1.15. The summed E-state index contributed by atoms with van der Waals surface area (Å²) in [4.78, 5) is 9.52. The lowest BCUT2D eigenvalue weighted by atomic mass is 10.2. The summed E-state index contributed by atoms with van der Waals surface area (Å²) in [7, 11) is -0.742. The molecule has 172 valence electrons. The van der Waals surface area contributed by atoms with E-state index in [1.165, 1.54) is 27.0 Å². The number of fused-ring (bicyclic) bond motifs is 1. The van der Waals surface area contributed by atoms with E-state index in [1.54, 1.807) is 0 Å². The first-order valence-electron chi connectivity index (χ1n) is 12.2. The zero-order valence-corrected chi connectivity index (χ0v) is 21.1. The van der Waals surface area contributed by atoms with Crippen molar-refractivity contribution >= 4 is 46.6 Å². The number of rotatable bonds is 7. The van der Waals surface area contributed by atoms with Gasteiger partial charge in [0.15, 0.2) is 0 Å². The van der Waals surface area contributed by atoms with Crippen LogP contribution in [-0.4, -0.2) is 11.2 Å². The minimum absolute atomic E-state index is 0.742. The summed E-state index contributed by atoms with van der Waals surface area (Å²) in [6.45, 7) is 4.50. The van der Waals surface area contributed by atoms with Crippen LogP contribution >= 0.6 is 7.92 Å². The Bertz CT molecular complexity index is 1440. The molecule has 0 saturated carbocycles. The molecule has 5 rings (SSSR count). The van der Waals surface area contributed by atoms with Gasteiger partial charge in [0.2, 0.25) is 0 Å². The maximum atomic E-state index is 4.94. The molecule has 0 spiro atoms. The molecule has 0 aliphatic rings. The minimum Gasteiger partial charge on any atom is -0.254 e. The maximum absolute atomic E-state index is 4.94. The van der Waals surface area contributed by atoms with Crippen molar-refractivity contribution in [1.29, 1.82) is 0 Å². The topological polar surface area (TPSA) is 25.2 Å². The molecule has 1 aromatic heterocycles. The van der Waals surface area contributed by atoms with Crippen molar-refractivity contribution in [2.45, 2.75) is 26.7 Å². The van der Waals surface area contributed by atoms with Gasteiger partial charge in [-0.2, -0.15) is 0 Å². The smallest absolute Gasteiger partial charge is 0.0958 e. The van der Waals surface area contributed by atoms with Gasteiger partial charge in [0.05, 0.1) is 11.2 Å². The summed E-state index contributed by atoms with van der Waals surface area (Å²) in [6.07, 6.45) is 5.89. The molecule has 0 amide bonds. The first-order valence-corrected chi connectivity index (χ1v) is 13.6. The third kappa shape index (κ3) is 4.81. The van der Waals surface area contributed by atoms with Crippen LogP contribution in [0.25, 0.3) is 10.9 Å². The first kappa shape index (κ1) is 23.1. The number of hydrogen-bond donors (Lipinski definition) is 0. The number of benzene rings is 4. The molecule has 0 unspecified atom stereocenters. The van der Waals surface area contributed by atoms with E-state index in [4.69, 9.17) is 4.99 Å². The molecule has 0 N–H and O–H groups in total. The zero-order chi connectivity index (χ0) is 24.0. The van der Waals surface area contributed by atoms with Gasteiger partial charge >= 0.3 is 0 Å². The summed E-state index contributed by atoms with van der Waals surface area (Å²) < 4.78 is 0. The standard InChI is InChI=1S/C32H29N2P/c1-3-24-13-5-8-19-29(24)35(30-20-9-6-14-25(30)4-2)31-21-10-7-15-27(31)23-34-28-18-11-16-26-17-12-22-33-32(26)28/h5-23H,3-4H2,1-2H3. The second kappa shape index (κ2) is 10.8. The Morgan fingerprint density at radius 1 is 0.657 bits per heavy atom. The van der Waals surface area contributed by atoms with Crippen molar-refractivity contribution in [2.75, 3.05) is 0 Å². The zero-order valence-electron chi connectivity index (χ0n) is 20.2. The predicted molar refractivity (Wildman–Crippen MR) is 153 cm³/mol. The van der Waals surface area contributed by atoms with Crippen LogP contribution in [0.3, 0.4) is 0 Å². The van der Waals surface area contributed by atoms with Crippen molar-refractivity contribution in [3.63, 3.8) is 0 Å². The molecule has 1 heterocycles. The van der Waals surface area contributed by atoms with Gasteiger partial charge < -0.3 is 0 Å². The van der Waals surface area contributed by atoms with Crippen molar-refractivity contribution in [3.8, 4) is 0 Å². The molecule has 35 heavy (non-hydrogen) atoms. The highest BCUT2D eigenvalue weighted by atomic mass is 31.1. The summed E-state index contributed by atoms with van der Waals surface area (Å²) in [6, 6.07) is 36.8. The quantitative estimate of drug-likeness (QED) is 0.187. The Morgan fingerprint density at radius 2 is 1.26 bits per heavy atom. The van der Waals surface area contributed by atoms with E-state index >= 15 is 0 Å². The van der Waals surface area contributed by atoms with Crippen LogP contribution in [-0.2, 0) is 12.8 Å². The molecular formula is C32H29N2P. The second-order valence-electron chi connectivity index (χ2n) is 8.47. The van der Waals surface area contributed by atoms with E-state index in [-0.39, 0.29) is 0 Å². The second-order valence-corrected chi connectivity index (χ2v) is 10.6. The fraction of sp³-hybridized carbons (Fsp3) is 0.125. The Hall–Kier alpha value is -3.61. The minimum atomic E-state index is -0.742. The molecule has 4 aromatic carbocycles. The number of aromatic nitrogens is 1. The SMILES string of the molecule is CCc1ccccc1P(c1ccccc1C=Nc1cccc2cccnc12)c1ccccc1CC. The molecular weight excluding hydrogens is 443 g/mol. The predicted octanol–water partition coefficient (Wildman–Crippen LogP) is 6.87. The van der Waals surface area contributed by atoms with E-state index in [0.29, 0.717) is 0 Å². The molecule has 0 fully saturated rings. The summed E-state index contributed by atoms with van der Waals surface area (Å²) in [5.74, 6) is 0. The lowest BCUT2D eigenvalue weighted by Crippen LogP contribution is -2.27. The molecule has 0 atom stereocenters. The van der Waals surface area contributed by atoms with Crippen LogP contribution in [0, 0.1) is 0 Å². The van der Waals surface area contributed by atoms with Crippen LogP contribution in [0.2, 0.25) is 0 Å². The highest BCUT2D eigenvalue weighted by molar-refractivity contribution is 7.80. The molecule has 5 aromatic rings. The number of pyridine rings is 1. The number of aliphatic imine (C=N–C) groups is 1. The van der Waals surface area contributed by atoms with Crippen molar-refractivity contribution in [3.05, 3.63) is 126 Å². The molecule has 2 nitrogen and oxygen atoms in total. The number of hydrogen-bond acceptors (Lipinski definition) is 2. The van der Waals surface area contributed by atoms with Crippen molar-refractivity contribution in [1.82, 2.24) is 4.98 Å². The summed E-state index contributed by atoms with van der Waals surface area (Å²) in [5, 5.41) is 5.30. The molecule has 0 radical (unpaired) electrons. The molecule has 0 bridgehead atoms. The highest BCUT2D eigenvalue weighted by Gasteiger charge is 2.23. The van der Waals surface area contributed by atoms with Gasteiger partial charge in [-0.3, -0.25) is 9.98 Å². The van der Waals surface area contributed by atoms with Gasteiger partial charge in [0, 0.05) is 23.4 Å². The molecule has 3 heteroatoms. The maximum Gasteiger partial charge on any atom is 0.0958 e. The van der Waals surface area contributed by atoms with Crippen LogP contribution in [0.15, 0.2) is 114 Å². The Morgan fingerprint density at radius 3 is 1.94 bits per heavy atom. The number of aryl methyl sites for hydroxylation is 2. The van der Waals surface area contributed by atoms with Gasteiger partial charge in [-0.15, -0.1) is 0 Å². The van der Waals surface area contributed by atoms with Crippen molar-refractivity contribution < 1.29 is 0 Å². The van der Waals surface area contributed by atoms with E-state index in [1.807, 2.05) is 30.6 Å². The van der Waals surface area contributed by atoms with Crippen LogP contribution in [0.4, 0.5) is 5.69 Å². The lowest BCUT2D eigenvalue weighted by Gasteiger charge is -2.25. The number of nitrogens with zero attached hydrogens (tertiary/aromatic N) is 2. The Balaban J connectivity index is 1.68. The van der Waals surface area contributed by atoms with Crippen molar-refractivity contribution in [2.24, 2.45) is 4.99 Å².